The molecule has 0 saturated heterocycles. The van der Waals surface area contributed by atoms with Crippen LogP contribution in [0.2, 0.25) is 0 Å². The van der Waals surface area contributed by atoms with Crippen molar-refractivity contribution in [3.05, 3.63) is 10.6 Å². The molecular formula is C12H18N2O2S. The van der Waals surface area contributed by atoms with E-state index in [9.17, 15) is 4.79 Å². The summed E-state index contributed by atoms with van der Waals surface area (Å²) >= 11 is 1.52. The highest BCUT2D eigenvalue weighted by atomic mass is 32.1. The van der Waals surface area contributed by atoms with Gasteiger partial charge in [-0.1, -0.05) is 12.8 Å². The van der Waals surface area contributed by atoms with Crippen LogP contribution in [0, 0.1) is 6.92 Å². The van der Waals surface area contributed by atoms with E-state index in [1.807, 2.05) is 6.92 Å². The van der Waals surface area contributed by atoms with E-state index in [2.05, 4.69) is 17.2 Å². The second-order valence-corrected chi connectivity index (χ2v) is 6.01. The quantitative estimate of drug-likeness (QED) is 0.842. The summed E-state index contributed by atoms with van der Waals surface area (Å²) in [5.41, 5.74) is 0.569. The predicted octanol–water partition coefficient (Wildman–Crippen LogP) is 2.98. The number of hydrogen-bond donors (Lipinski definition) is 1. The Kier molecular flexibility index (Phi) is 3.38. The van der Waals surface area contributed by atoms with Crippen molar-refractivity contribution in [2.45, 2.75) is 45.1 Å². The average Bonchev–Trinajstić information content (AvgIpc) is 2.85. The number of ether oxygens (including phenoxy) is 1. The van der Waals surface area contributed by atoms with E-state index in [0.717, 1.165) is 10.0 Å². The van der Waals surface area contributed by atoms with Crippen molar-refractivity contribution in [2.75, 3.05) is 12.4 Å². The smallest absolute Gasteiger partial charge is 0.357 e. The van der Waals surface area contributed by atoms with Gasteiger partial charge in [-0.3, -0.25) is 0 Å². The molecule has 0 aromatic carbocycles. The second kappa shape index (κ2) is 4.64. The molecule has 0 unspecified atom stereocenters. The molecule has 1 saturated carbocycles. The lowest BCUT2D eigenvalue weighted by Gasteiger charge is -2.24. The molecule has 1 N–H and O–H groups in total. The fourth-order valence-electron chi connectivity index (χ4n) is 2.27. The van der Waals surface area contributed by atoms with Crippen LogP contribution in [0.3, 0.4) is 0 Å². The number of thiazole rings is 1. The Labute approximate surface area is 105 Å². The minimum absolute atomic E-state index is 0.137. The molecule has 0 spiro atoms. The van der Waals surface area contributed by atoms with Gasteiger partial charge in [-0.05, 0) is 26.7 Å². The molecule has 5 heteroatoms. The maximum Gasteiger partial charge on any atom is 0.357 e. The number of rotatable bonds is 3. The molecule has 17 heavy (non-hydrogen) atoms. The van der Waals surface area contributed by atoms with Gasteiger partial charge in [-0.15, -0.1) is 11.3 Å². The summed E-state index contributed by atoms with van der Waals surface area (Å²) in [6.45, 7) is 4.11. The van der Waals surface area contributed by atoms with E-state index in [4.69, 9.17) is 4.74 Å². The van der Waals surface area contributed by atoms with Gasteiger partial charge in [0.2, 0.25) is 0 Å². The third kappa shape index (κ3) is 2.60. The second-order valence-electron chi connectivity index (χ2n) is 4.81. The van der Waals surface area contributed by atoms with Crippen LogP contribution in [0.4, 0.5) is 5.13 Å². The summed E-state index contributed by atoms with van der Waals surface area (Å²) in [7, 11) is 1.38. The average molecular weight is 254 g/mol. The van der Waals surface area contributed by atoms with Gasteiger partial charge in [-0.25, -0.2) is 9.78 Å². The first-order chi connectivity index (χ1) is 8.04. The van der Waals surface area contributed by atoms with Crippen molar-refractivity contribution in [1.82, 2.24) is 4.98 Å². The molecule has 0 amide bonds. The number of hydrogen-bond acceptors (Lipinski definition) is 5. The van der Waals surface area contributed by atoms with E-state index in [1.165, 1.54) is 44.1 Å². The maximum atomic E-state index is 11.5. The first-order valence-electron chi connectivity index (χ1n) is 5.88. The van der Waals surface area contributed by atoms with Gasteiger partial charge in [0.25, 0.3) is 0 Å². The number of aryl methyl sites for hydroxylation is 1. The highest BCUT2D eigenvalue weighted by Crippen LogP contribution is 2.34. The zero-order chi connectivity index (χ0) is 12.5. The fraction of sp³-hybridized carbons (Fsp3) is 0.667. The van der Waals surface area contributed by atoms with Crippen LogP contribution in [0.25, 0.3) is 0 Å². The monoisotopic (exact) mass is 254 g/mol. The molecule has 1 heterocycles. The molecular weight excluding hydrogens is 236 g/mol. The zero-order valence-electron chi connectivity index (χ0n) is 10.5. The number of esters is 1. The maximum absolute atomic E-state index is 11.5. The van der Waals surface area contributed by atoms with Gasteiger partial charge >= 0.3 is 5.97 Å². The molecule has 1 aromatic rings. The van der Waals surface area contributed by atoms with Gasteiger partial charge < -0.3 is 10.1 Å². The Morgan fingerprint density at radius 3 is 2.71 bits per heavy atom. The number of carbonyl (C=O) groups is 1. The number of nitrogens with one attached hydrogen (secondary N) is 1. The summed E-state index contributed by atoms with van der Waals surface area (Å²) < 4.78 is 4.70. The van der Waals surface area contributed by atoms with E-state index >= 15 is 0 Å². The summed E-state index contributed by atoms with van der Waals surface area (Å²) in [4.78, 5) is 16.7. The van der Waals surface area contributed by atoms with Crippen molar-refractivity contribution in [3.63, 3.8) is 0 Å². The zero-order valence-corrected chi connectivity index (χ0v) is 11.3. The Morgan fingerprint density at radius 2 is 2.12 bits per heavy atom. The number of methoxy groups -OCH3 is 1. The number of aromatic nitrogens is 1. The Hall–Kier alpha value is -1.10. The molecule has 0 radical (unpaired) electrons. The van der Waals surface area contributed by atoms with Crippen LogP contribution >= 0.6 is 11.3 Å². The SMILES string of the molecule is COC(=O)c1nc(NC2(C)CCCC2)sc1C. The third-order valence-electron chi connectivity index (χ3n) is 3.29. The Balaban J connectivity index is 2.14. The summed E-state index contributed by atoms with van der Waals surface area (Å²) in [6, 6.07) is 0. The molecule has 2 rings (SSSR count). The first-order valence-corrected chi connectivity index (χ1v) is 6.70. The molecule has 1 aliphatic rings. The summed E-state index contributed by atoms with van der Waals surface area (Å²) in [5, 5.41) is 4.28. The van der Waals surface area contributed by atoms with Crippen molar-refractivity contribution in [3.8, 4) is 0 Å². The fourth-order valence-corrected chi connectivity index (χ4v) is 3.22. The first kappa shape index (κ1) is 12.4. The molecule has 94 valence electrons. The number of nitrogens with zero attached hydrogens (tertiary/aromatic N) is 1. The molecule has 1 aromatic heterocycles. The van der Waals surface area contributed by atoms with Gasteiger partial charge in [-0.2, -0.15) is 0 Å². The van der Waals surface area contributed by atoms with Crippen LogP contribution in [0.15, 0.2) is 0 Å². The topological polar surface area (TPSA) is 51.2 Å². The van der Waals surface area contributed by atoms with Gasteiger partial charge in [0.05, 0.1) is 7.11 Å². The van der Waals surface area contributed by atoms with Crippen LogP contribution in [-0.4, -0.2) is 23.6 Å². The van der Waals surface area contributed by atoms with E-state index in [-0.39, 0.29) is 11.5 Å². The molecule has 1 aliphatic carbocycles. The van der Waals surface area contributed by atoms with Crippen molar-refractivity contribution in [2.24, 2.45) is 0 Å². The summed E-state index contributed by atoms with van der Waals surface area (Å²) in [6.07, 6.45) is 4.85. The van der Waals surface area contributed by atoms with E-state index < -0.39 is 0 Å². The van der Waals surface area contributed by atoms with E-state index in [0.29, 0.717) is 5.69 Å². The minimum Gasteiger partial charge on any atom is -0.464 e. The Morgan fingerprint density at radius 1 is 1.47 bits per heavy atom. The third-order valence-corrected chi connectivity index (χ3v) is 4.18. The van der Waals surface area contributed by atoms with Crippen LogP contribution in [-0.2, 0) is 4.74 Å². The van der Waals surface area contributed by atoms with Crippen molar-refractivity contribution < 1.29 is 9.53 Å². The molecule has 4 nitrogen and oxygen atoms in total. The van der Waals surface area contributed by atoms with Gasteiger partial charge in [0.1, 0.15) is 0 Å². The van der Waals surface area contributed by atoms with Crippen molar-refractivity contribution in [1.29, 1.82) is 0 Å². The lowest BCUT2D eigenvalue weighted by atomic mass is 10.0. The number of carbonyl (C=O) groups excluding carboxylic acids is 1. The normalized spacial score (nSPS) is 18.1. The molecule has 0 bridgehead atoms. The van der Waals surface area contributed by atoms with Crippen molar-refractivity contribution >= 4 is 22.4 Å². The van der Waals surface area contributed by atoms with Crippen LogP contribution in [0.5, 0.6) is 0 Å². The van der Waals surface area contributed by atoms with Gasteiger partial charge in [0, 0.05) is 10.4 Å². The predicted molar refractivity (Wildman–Crippen MR) is 68.7 cm³/mol. The largest absolute Gasteiger partial charge is 0.464 e. The lowest BCUT2D eigenvalue weighted by Crippen LogP contribution is -2.30. The number of anilines is 1. The molecule has 0 atom stereocenters. The lowest BCUT2D eigenvalue weighted by molar-refractivity contribution is 0.0594. The van der Waals surface area contributed by atoms with Crippen LogP contribution < -0.4 is 5.32 Å². The Bertz CT molecular complexity index is 422. The molecule has 0 aliphatic heterocycles. The van der Waals surface area contributed by atoms with E-state index in [1.54, 1.807) is 0 Å². The summed E-state index contributed by atoms with van der Waals surface area (Å²) in [5.74, 6) is -0.358. The molecule has 1 fully saturated rings. The highest BCUT2D eigenvalue weighted by molar-refractivity contribution is 7.15. The van der Waals surface area contributed by atoms with Gasteiger partial charge in [0.15, 0.2) is 10.8 Å². The minimum atomic E-state index is -0.358. The standard InChI is InChI=1S/C12H18N2O2S/c1-8-9(10(15)16-3)13-11(17-8)14-12(2)6-4-5-7-12/h4-7H2,1-3H3,(H,13,14). The highest BCUT2D eigenvalue weighted by Gasteiger charge is 2.29. The van der Waals surface area contributed by atoms with Crippen LogP contribution in [0.1, 0.15) is 48.0 Å².